The van der Waals surface area contributed by atoms with E-state index in [1.165, 1.54) is 5.69 Å². The van der Waals surface area contributed by atoms with Crippen LogP contribution in [0.2, 0.25) is 0 Å². The Labute approximate surface area is 89.4 Å². The molecule has 0 spiro atoms. The molecule has 1 aromatic carbocycles. The predicted octanol–water partition coefficient (Wildman–Crippen LogP) is 0.0768. The number of para-hydroxylation sites is 1. The first kappa shape index (κ1) is 10.4. The largest absolute Gasteiger partial charge is 0.369 e. The summed E-state index contributed by atoms with van der Waals surface area (Å²) < 4.78 is 0. The molecule has 2 N–H and O–H groups in total. The molecule has 15 heavy (non-hydrogen) atoms. The summed E-state index contributed by atoms with van der Waals surface area (Å²) in [6.07, 6.45) is -1.32. The molecule has 0 aromatic heterocycles. The Morgan fingerprint density at radius 3 is 2.07 bits per heavy atom. The molecule has 1 heterocycles. The molecule has 4 heteroatoms. The first-order valence-electron chi connectivity index (χ1n) is 5.17. The minimum absolute atomic E-state index is 0.687. The molecule has 0 bridgehead atoms. The molecule has 2 rings (SSSR count). The fourth-order valence-electron chi connectivity index (χ4n) is 1.85. The highest BCUT2D eigenvalue weighted by molar-refractivity contribution is 5.46. The minimum atomic E-state index is -1.32. The molecule has 1 fully saturated rings. The Hall–Kier alpha value is -1.10. The maximum absolute atomic E-state index is 9.00. The zero-order valence-electron chi connectivity index (χ0n) is 8.58. The normalized spacial score (nSPS) is 18.5. The van der Waals surface area contributed by atoms with E-state index in [2.05, 4.69) is 17.0 Å². The van der Waals surface area contributed by atoms with E-state index in [9.17, 15) is 0 Å². The lowest BCUT2D eigenvalue weighted by Crippen LogP contribution is -2.50. The van der Waals surface area contributed by atoms with Crippen molar-refractivity contribution in [1.29, 1.82) is 0 Å². The van der Waals surface area contributed by atoms with Crippen LogP contribution in [-0.2, 0) is 0 Å². The second kappa shape index (κ2) is 4.61. The topological polar surface area (TPSA) is 46.9 Å². The van der Waals surface area contributed by atoms with Gasteiger partial charge >= 0.3 is 0 Å². The Kier molecular flexibility index (Phi) is 3.20. The van der Waals surface area contributed by atoms with Crippen LogP contribution in [0.15, 0.2) is 30.3 Å². The molecule has 0 unspecified atom stereocenters. The van der Waals surface area contributed by atoms with Crippen molar-refractivity contribution in [3.05, 3.63) is 30.3 Å². The fourth-order valence-corrected chi connectivity index (χ4v) is 1.85. The summed E-state index contributed by atoms with van der Waals surface area (Å²) in [5, 5.41) is 18.0. The van der Waals surface area contributed by atoms with Crippen molar-refractivity contribution in [3.63, 3.8) is 0 Å². The van der Waals surface area contributed by atoms with Gasteiger partial charge in [0, 0.05) is 31.9 Å². The quantitative estimate of drug-likeness (QED) is 0.676. The molecule has 0 atom stereocenters. The fraction of sp³-hybridized carbons (Fsp3) is 0.455. The van der Waals surface area contributed by atoms with E-state index in [0.29, 0.717) is 13.1 Å². The molecule has 82 valence electrons. The smallest absolute Gasteiger partial charge is 0.213 e. The number of aliphatic hydroxyl groups excluding tert-OH is 1. The summed E-state index contributed by atoms with van der Waals surface area (Å²) in [6, 6.07) is 10.2. The SMILES string of the molecule is OC(O)N1CCN(c2ccccc2)CC1. The van der Waals surface area contributed by atoms with E-state index in [0.717, 1.165) is 13.1 Å². The van der Waals surface area contributed by atoms with Gasteiger partial charge in [0.25, 0.3) is 0 Å². The number of rotatable bonds is 2. The van der Waals surface area contributed by atoms with Crippen LogP contribution in [0.1, 0.15) is 0 Å². The average molecular weight is 208 g/mol. The zero-order valence-corrected chi connectivity index (χ0v) is 8.58. The molecule has 0 amide bonds. The molecular weight excluding hydrogens is 192 g/mol. The van der Waals surface area contributed by atoms with E-state index in [1.807, 2.05) is 18.2 Å². The second-order valence-corrected chi connectivity index (χ2v) is 3.70. The van der Waals surface area contributed by atoms with E-state index < -0.39 is 6.41 Å². The summed E-state index contributed by atoms with van der Waals surface area (Å²) in [5.74, 6) is 0. The van der Waals surface area contributed by atoms with Gasteiger partial charge < -0.3 is 15.1 Å². The van der Waals surface area contributed by atoms with Gasteiger partial charge in [-0.1, -0.05) is 18.2 Å². The van der Waals surface area contributed by atoms with Crippen LogP contribution in [0.5, 0.6) is 0 Å². The molecule has 4 nitrogen and oxygen atoms in total. The predicted molar refractivity (Wildman–Crippen MR) is 58.5 cm³/mol. The number of anilines is 1. The van der Waals surface area contributed by atoms with Crippen molar-refractivity contribution in [2.24, 2.45) is 0 Å². The van der Waals surface area contributed by atoms with E-state index >= 15 is 0 Å². The van der Waals surface area contributed by atoms with Gasteiger partial charge in [0.2, 0.25) is 6.41 Å². The van der Waals surface area contributed by atoms with Crippen molar-refractivity contribution in [2.45, 2.75) is 6.41 Å². The van der Waals surface area contributed by atoms with Crippen molar-refractivity contribution in [3.8, 4) is 0 Å². The van der Waals surface area contributed by atoms with Crippen LogP contribution in [0, 0.1) is 0 Å². The van der Waals surface area contributed by atoms with Gasteiger partial charge in [0.1, 0.15) is 0 Å². The summed E-state index contributed by atoms with van der Waals surface area (Å²) in [4.78, 5) is 3.90. The van der Waals surface area contributed by atoms with E-state index in [-0.39, 0.29) is 0 Å². The minimum Gasteiger partial charge on any atom is -0.369 e. The third kappa shape index (κ3) is 2.47. The number of hydrogen-bond donors (Lipinski definition) is 2. The monoisotopic (exact) mass is 208 g/mol. The lowest BCUT2D eigenvalue weighted by atomic mass is 10.2. The zero-order chi connectivity index (χ0) is 10.7. The highest BCUT2D eigenvalue weighted by Crippen LogP contribution is 2.15. The van der Waals surface area contributed by atoms with Crippen molar-refractivity contribution < 1.29 is 10.2 Å². The highest BCUT2D eigenvalue weighted by Gasteiger charge is 2.20. The van der Waals surface area contributed by atoms with Gasteiger partial charge in [-0.25, -0.2) is 0 Å². The second-order valence-electron chi connectivity index (χ2n) is 3.70. The molecule has 0 saturated carbocycles. The van der Waals surface area contributed by atoms with Gasteiger partial charge in [-0.15, -0.1) is 0 Å². The first-order valence-corrected chi connectivity index (χ1v) is 5.17. The maximum Gasteiger partial charge on any atom is 0.213 e. The lowest BCUT2D eigenvalue weighted by Gasteiger charge is -2.36. The van der Waals surface area contributed by atoms with Gasteiger partial charge in [0.05, 0.1) is 0 Å². The maximum atomic E-state index is 9.00. The van der Waals surface area contributed by atoms with Gasteiger partial charge in [0.15, 0.2) is 0 Å². The number of nitrogens with zero attached hydrogens (tertiary/aromatic N) is 2. The number of aliphatic hydroxyl groups is 2. The summed E-state index contributed by atoms with van der Waals surface area (Å²) in [7, 11) is 0. The van der Waals surface area contributed by atoms with Crippen molar-refractivity contribution in [1.82, 2.24) is 4.90 Å². The first-order chi connectivity index (χ1) is 7.27. The number of benzene rings is 1. The molecule has 0 radical (unpaired) electrons. The van der Waals surface area contributed by atoms with Crippen molar-refractivity contribution >= 4 is 5.69 Å². The standard InChI is InChI=1S/C11H16N2O2/c14-11(15)13-8-6-12(7-9-13)10-4-2-1-3-5-10/h1-5,11,14-15H,6-9H2. The summed E-state index contributed by atoms with van der Waals surface area (Å²) in [6.45, 7) is 3.04. The lowest BCUT2D eigenvalue weighted by molar-refractivity contribution is -0.155. The molecule has 1 saturated heterocycles. The number of piperazine rings is 1. The van der Waals surface area contributed by atoms with Crippen molar-refractivity contribution in [2.75, 3.05) is 31.1 Å². The molecule has 1 aliphatic heterocycles. The molecule has 1 aromatic rings. The Balaban J connectivity index is 1.94. The van der Waals surface area contributed by atoms with E-state index in [1.54, 1.807) is 4.90 Å². The van der Waals surface area contributed by atoms with E-state index in [4.69, 9.17) is 10.2 Å². The molecule has 0 aliphatic carbocycles. The Morgan fingerprint density at radius 1 is 0.933 bits per heavy atom. The van der Waals surface area contributed by atoms with Gasteiger partial charge in [-0.2, -0.15) is 0 Å². The third-order valence-corrected chi connectivity index (χ3v) is 2.76. The van der Waals surface area contributed by atoms with Crippen LogP contribution in [0.3, 0.4) is 0 Å². The number of hydrogen-bond acceptors (Lipinski definition) is 4. The van der Waals surface area contributed by atoms with Crippen LogP contribution in [0.4, 0.5) is 5.69 Å². The highest BCUT2D eigenvalue weighted by atomic mass is 16.5. The van der Waals surface area contributed by atoms with Gasteiger partial charge in [-0.3, -0.25) is 4.90 Å². The third-order valence-electron chi connectivity index (χ3n) is 2.76. The summed E-state index contributed by atoms with van der Waals surface area (Å²) >= 11 is 0. The Bertz CT molecular complexity index is 295. The Morgan fingerprint density at radius 2 is 1.53 bits per heavy atom. The molecule has 1 aliphatic rings. The average Bonchev–Trinajstić information content (AvgIpc) is 2.30. The van der Waals surface area contributed by atoms with Crippen LogP contribution >= 0.6 is 0 Å². The van der Waals surface area contributed by atoms with Crippen LogP contribution in [-0.4, -0.2) is 47.7 Å². The van der Waals surface area contributed by atoms with Crippen LogP contribution < -0.4 is 4.90 Å². The van der Waals surface area contributed by atoms with Crippen LogP contribution in [0.25, 0.3) is 0 Å². The summed E-state index contributed by atoms with van der Waals surface area (Å²) in [5.41, 5.74) is 1.20. The molecular formula is C11H16N2O2. The van der Waals surface area contributed by atoms with Gasteiger partial charge in [-0.05, 0) is 12.1 Å².